The van der Waals surface area contributed by atoms with Crippen LogP contribution in [0.15, 0.2) is 80.9 Å². The van der Waals surface area contributed by atoms with E-state index >= 15 is 0 Å². The molecule has 0 radical (unpaired) electrons. The van der Waals surface area contributed by atoms with E-state index in [-0.39, 0.29) is 29.1 Å². The Labute approximate surface area is 231 Å². The predicted octanol–water partition coefficient (Wildman–Crippen LogP) is 4.43. The Morgan fingerprint density at radius 2 is 1.73 bits per heavy atom. The molecule has 0 amide bonds. The third-order valence-electron chi connectivity index (χ3n) is 7.33. The Balaban J connectivity index is 1.48. The van der Waals surface area contributed by atoms with Crippen molar-refractivity contribution >= 4 is 24.7 Å². The van der Waals surface area contributed by atoms with Crippen LogP contribution in [0.3, 0.4) is 0 Å². The van der Waals surface area contributed by atoms with E-state index in [1.165, 1.54) is 9.08 Å². The molecule has 206 valence electrons. The number of hydrogen-bond donors (Lipinski definition) is 1. The highest BCUT2D eigenvalue weighted by atomic mass is 28.3. The van der Waals surface area contributed by atoms with Gasteiger partial charge >= 0.3 is 5.69 Å². The van der Waals surface area contributed by atoms with Crippen LogP contribution in [-0.2, 0) is 21.7 Å². The fraction of sp³-hybridized carbons (Fsp3) is 0.300. The second-order valence-corrected chi connectivity index (χ2v) is 17.2. The first-order chi connectivity index (χ1) is 19.1. The molecule has 6 rings (SSSR count). The van der Waals surface area contributed by atoms with Gasteiger partial charge in [0.2, 0.25) is 11.1 Å². The van der Waals surface area contributed by atoms with E-state index in [1.54, 1.807) is 12.3 Å². The first kappa shape index (κ1) is 26.4. The summed E-state index contributed by atoms with van der Waals surface area (Å²) in [7, 11) is -1.27. The van der Waals surface area contributed by atoms with Crippen LogP contribution in [0.4, 0.5) is 0 Å². The van der Waals surface area contributed by atoms with Gasteiger partial charge in [-0.2, -0.15) is 4.68 Å². The molecule has 0 atom stereocenters. The molecular weight excluding hydrogens is 524 g/mol. The monoisotopic (exact) mass is 556 g/mol. The predicted molar refractivity (Wildman–Crippen MR) is 157 cm³/mol. The molecule has 2 N–H and O–H groups in total. The van der Waals surface area contributed by atoms with E-state index in [4.69, 9.17) is 19.6 Å². The largest absolute Gasteiger partial charge is 0.451 e. The standard InChI is InChI=1S/C30H32N4O5Si/c1-40(2,3)16-15-37-19-34-29(36)33-14-13-23-25(35)24(20-9-11-22(12-10-20)30(31)17-38-18-30)26(21-7-5-4-6-8-21)39-27(23)28(33)32-34/h4-14H,15-19,31H2,1-3H3. The third kappa shape index (κ3) is 4.73. The molecular formula is C30H32N4O5Si. The van der Waals surface area contributed by atoms with Crippen LogP contribution in [-0.4, -0.2) is 42.1 Å². The third-order valence-corrected chi connectivity index (χ3v) is 9.03. The van der Waals surface area contributed by atoms with Crippen molar-refractivity contribution < 1.29 is 13.9 Å². The fourth-order valence-electron chi connectivity index (χ4n) is 4.85. The van der Waals surface area contributed by atoms with Gasteiger partial charge in [0.15, 0.2) is 5.58 Å². The molecule has 1 fully saturated rings. The summed E-state index contributed by atoms with van der Waals surface area (Å²) >= 11 is 0. The van der Waals surface area contributed by atoms with Crippen molar-refractivity contribution in [1.29, 1.82) is 0 Å². The second kappa shape index (κ2) is 9.97. The summed E-state index contributed by atoms with van der Waals surface area (Å²) in [6, 6.07) is 19.7. The lowest BCUT2D eigenvalue weighted by Gasteiger charge is -2.38. The van der Waals surface area contributed by atoms with Gasteiger partial charge in [-0.15, -0.1) is 5.10 Å². The van der Waals surface area contributed by atoms with Crippen LogP contribution >= 0.6 is 0 Å². The van der Waals surface area contributed by atoms with Crippen LogP contribution in [0.1, 0.15) is 5.56 Å². The SMILES string of the molecule is C[Si](C)(C)CCOCn1nc2c3oc(-c4ccccc4)c(-c4ccc(C5(N)COC5)cc4)c(=O)c3ccn2c1=O. The fourth-order valence-corrected chi connectivity index (χ4v) is 5.61. The molecule has 0 spiro atoms. The summed E-state index contributed by atoms with van der Waals surface area (Å²) in [5.74, 6) is 0.404. The average Bonchev–Trinajstić information content (AvgIpc) is 3.25. The summed E-state index contributed by atoms with van der Waals surface area (Å²) in [5, 5.41) is 4.84. The minimum absolute atomic E-state index is 0.0281. The Hall–Kier alpha value is -3.83. The van der Waals surface area contributed by atoms with E-state index in [1.807, 2.05) is 54.6 Å². The molecule has 0 saturated carbocycles. The molecule has 9 nitrogen and oxygen atoms in total. The zero-order valence-corrected chi connectivity index (χ0v) is 23.8. The zero-order chi connectivity index (χ0) is 28.1. The van der Waals surface area contributed by atoms with Gasteiger partial charge < -0.3 is 19.6 Å². The molecule has 1 saturated heterocycles. The van der Waals surface area contributed by atoms with Gasteiger partial charge in [-0.05, 0) is 23.2 Å². The maximum absolute atomic E-state index is 14.1. The Morgan fingerprint density at radius 1 is 1.00 bits per heavy atom. The smallest absolute Gasteiger partial charge is 0.352 e. The highest BCUT2D eigenvalue weighted by molar-refractivity contribution is 6.76. The second-order valence-electron chi connectivity index (χ2n) is 11.6. The van der Waals surface area contributed by atoms with Crippen molar-refractivity contribution in [3.05, 3.63) is 93.1 Å². The molecule has 40 heavy (non-hydrogen) atoms. The van der Waals surface area contributed by atoms with E-state index in [9.17, 15) is 9.59 Å². The van der Waals surface area contributed by atoms with E-state index < -0.39 is 13.6 Å². The van der Waals surface area contributed by atoms with Gasteiger partial charge in [0, 0.05) is 26.4 Å². The number of aromatic nitrogens is 3. The van der Waals surface area contributed by atoms with Gasteiger partial charge in [-0.25, -0.2) is 9.20 Å². The number of pyridine rings is 1. The van der Waals surface area contributed by atoms with Crippen molar-refractivity contribution in [2.45, 2.75) is 38.0 Å². The number of nitrogens with zero attached hydrogens (tertiary/aromatic N) is 3. The minimum atomic E-state index is -1.27. The first-order valence-corrected chi connectivity index (χ1v) is 17.1. The van der Waals surface area contributed by atoms with E-state index in [0.717, 1.165) is 17.2 Å². The van der Waals surface area contributed by atoms with Crippen molar-refractivity contribution in [2.24, 2.45) is 5.73 Å². The lowest BCUT2D eigenvalue weighted by Crippen LogP contribution is -2.54. The number of nitrogens with two attached hydrogens (primary N) is 1. The molecule has 0 unspecified atom stereocenters. The molecule has 1 aliphatic heterocycles. The maximum Gasteiger partial charge on any atom is 0.352 e. The van der Waals surface area contributed by atoms with Gasteiger partial charge in [0.05, 0.1) is 29.7 Å². The number of hydrogen-bond acceptors (Lipinski definition) is 7. The highest BCUT2D eigenvalue weighted by Gasteiger charge is 2.36. The molecule has 1 aliphatic rings. The quantitative estimate of drug-likeness (QED) is 0.222. The normalized spacial score (nSPS) is 15.0. The van der Waals surface area contributed by atoms with Crippen molar-refractivity contribution in [3.8, 4) is 22.5 Å². The molecule has 0 aliphatic carbocycles. The average molecular weight is 557 g/mol. The van der Waals surface area contributed by atoms with Gasteiger partial charge in [0.25, 0.3) is 0 Å². The number of fused-ring (bicyclic) bond motifs is 3. The van der Waals surface area contributed by atoms with Gasteiger partial charge in [-0.1, -0.05) is 74.2 Å². The Bertz CT molecular complexity index is 1810. The summed E-state index contributed by atoms with van der Waals surface area (Å²) in [4.78, 5) is 27.2. The first-order valence-electron chi connectivity index (χ1n) is 13.3. The molecule has 3 aromatic heterocycles. The lowest BCUT2D eigenvalue weighted by atomic mass is 9.88. The molecule has 5 aromatic rings. The summed E-state index contributed by atoms with van der Waals surface area (Å²) in [6.45, 7) is 8.33. The minimum Gasteiger partial charge on any atom is -0.451 e. The van der Waals surface area contributed by atoms with E-state index in [2.05, 4.69) is 24.7 Å². The van der Waals surface area contributed by atoms with Crippen molar-refractivity contribution in [3.63, 3.8) is 0 Å². The van der Waals surface area contributed by atoms with Crippen LogP contribution < -0.4 is 16.9 Å². The summed E-state index contributed by atoms with van der Waals surface area (Å²) in [5.41, 5.74) is 8.68. The summed E-state index contributed by atoms with van der Waals surface area (Å²) in [6.07, 6.45) is 1.56. The van der Waals surface area contributed by atoms with Crippen LogP contribution in [0.2, 0.25) is 25.7 Å². The molecule has 2 aromatic carbocycles. The van der Waals surface area contributed by atoms with Crippen molar-refractivity contribution in [2.75, 3.05) is 19.8 Å². The Kier molecular flexibility index (Phi) is 6.58. The van der Waals surface area contributed by atoms with Crippen LogP contribution in [0.5, 0.6) is 0 Å². The van der Waals surface area contributed by atoms with Gasteiger partial charge in [-0.3, -0.25) is 4.79 Å². The molecule has 0 bridgehead atoms. The highest BCUT2D eigenvalue weighted by Crippen LogP contribution is 2.35. The van der Waals surface area contributed by atoms with Crippen LogP contribution in [0.25, 0.3) is 39.1 Å². The number of benzene rings is 2. The Morgan fingerprint density at radius 3 is 2.38 bits per heavy atom. The number of ether oxygens (including phenoxy) is 2. The van der Waals surface area contributed by atoms with E-state index in [0.29, 0.717) is 42.1 Å². The molecule has 4 heterocycles. The zero-order valence-electron chi connectivity index (χ0n) is 22.8. The summed E-state index contributed by atoms with van der Waals surface area (Å²) < 4.78 is 20.2. The topological polar surface area (TPSA) is 114 Å². The lowest BCUT2D eigenvalue weighted by molar-refractivity contribution is -0.0569. The number of rotatable bonds is 8. The maximum atomic E-state index is 14.1. The van der Waals surface area contributed by atoms with Crippen LogP contribution in [0, 0.1) is 0 Å². The van der Waals surface area contributed by atoms with Crippen molar-refractivity contribution in [1.82, 2.24) is 14.2 Å². The van der Waals surface area contributed by atoms with Gasteiger partial charge in [0.1, 0.15) is 12.5 Å². The molecule has 10 heteroatoms.